The van der Waals surface area contributed by atoms with E-state index in [-0.39, 0.29) is 11.7 Å². The second kappa shape index (κ2) is 5.76. The summed E-state index contributed by atoms with van der Waals surface area (Å²) in [5, 5.41) is 12.5. The number of nitrogens with one attached hydrogen (secondary N) is 1. The summed E-state index contributed by atoms with van der Waals surface area (Å²) < 4.78 is 6.65. The van der Waals surface area contributed by atoms with Crippen LogP contribution >= 0.6 is 0 Å². The number of hydrogen-bond acceptors (Lipinski definition) is 5. The Balaban J connectivity index is 1.90. The third-order valence-electron chi connectivity index (χ3n) is 3.71. The number of aromatic nitrogens is 2. The third-order valence-corrected chi connectivity index (χ3v) is 3.71. The van der Waals surface area contributed by atoms with E-state index in [0.717, 1.165) is 18.4 Å². The lowest BCUT2D eigenvalue weighted by atomic mass is 10.2. The Morgan fingerprint density at radius 3 is 3.14 bits per heavy atom. The second-order valence-electron chi connectivity index (χ2n) is 5.39. The Bertz CT molecular complexity index is 778. The van der Waals surface area contributed by atoms with Gasteiger partial charge in [0.25, 0.3) is 11.5 Å². The summed E-state index contributed by atoms with van der Waals surface area (Å²) in [6.45, 7) is 2.85. The summed E-state index contributed by atoms with van der Waals surface area (Å²) in [5.74, 6) is -1.19. The molecule has 0 saturated carbocycles. The molecular formula is C15H17N3O4. The molecule has 0 aromatic carbocycles. The summed E-state index contributed by atoms with van der Waals surface area (Å²) in [6.07, 6.45) is 3.34. The predicted octanol–water partition coefficient (Wildman–Crippen LogP) is 0.617. The van der Waals surface area contributed by atoms with Crippen molar-refractivity contribution in [3.8, 4) is 5.88 Å². The number of pyridine rings is 1. The summed E-state index contributed by atoms with van der Waals surface area (Å²) >= 11 is 0. The van der Waals surface area contributed by atoms with Crippen LogP contribution in [0.4, 0.5) is 0 Å². The van der Waals surface area contributed by atoms with Crippen LogP contribution < -0.4 is 10.9 Å². The van der Waals surface area contributed by atoms with E-state index in [1.807, 2.05) is 6.92 Å². The molecule has 0 radical (unpaired) electrons. The van der Waals surface area contributed by atoms with Gasteiger partial charge in [0.2, 0.25) is 5.88 Å². The predicted molar refractivity (Wildman–Crippen MR) is 79.2 cm³/mol. The summed E-state index contributed by atoms with van der Waals surface area (Å²) in [7, 11) is 0. The van der Waals surface area contributed by atoms with Gasteiger partial charge in [0.15, 0.2) is 5.56 Å². The Morgan fingerprint density at radius 1 is 1.59 bits per heavy atom. The van der Waals surface area contributed by atoms with Crippen LogP contribution in [0.15, 0.2) is 23.1 Å². The summed E-state index contributed by atoms with van der Waals surface area (Å²) in [6, 6.07) is 3.40. The van der Waals surface area contributed by atoms with Crippen LogP contribution in [0, 0.1) is 6.92 Å². The van der Waals surface area contributed by atoms with Crippen LogP contribution in [-0.4, -0.2) is 39.7 Å². The molecule has 116 valence electrons. The van der Waals surface area contributed by atoms with Gasteiger partial charge in [0.1, 0.15) is 5.65 Å². The zero-order chi connectivity index (χ0) is 15.7. The van der Waals surface area contributed by atoms with E-state index < -0.39 is 17.3 Å². The SMILES string of the molecule is Cc1ccn2c(=O)c(C(=O)NCC3CCCO3)c(O)nc2c1. The van der Waals surface area contributed by atoms with Crippen molar-refractivity contribution in [1.29, 1.82) is 0 Å². The number of hydrogen-bond donors (Lipinski definition) is 2. The fourth-order valence-corrected chi connectivity index (χ4v) is 2.53. The lowest BCUT2D eigenvalue weighted by Gasteiger charge is -2.11. The van der Waals surface area contributed by atoms with E-state index in [1.54, 1.807) is 12.1 Å². The van der Waals surface area contributed by atoms with Crippen LogP contribution in [0.5, 0.6) is 5.88 Å². The van der Waals surface area contributed by atoms with Gasteiger partial charge in [-0.2, -0.15) is 4.98 Å². The van der Waals surface area contributed by atoms with Crippen LogP contribution in [0.3, 0.4) is 0 Å². The molecule has 1 amide bonds. The highest BCUT2D eigenvalue weighted by molar-refractivity contribution is 5.96. The molecule has 0 spiro atoms. The number of aromatic hydroxyl groups is 1. The summed E-state index contributed by atoms with van der Waals surface area (Å²) in [4.78, 5) is 28.5. The molecule has 1 unspecified atom stereocenters. The van der Waals surface area contributed by atoms with Gasteiger partial charge in [-0.25, -0.2) is 0 Å². The highest BCUT2D eigenvalue weighted by Gasteiger charge is 2.22. The number of ether oxygens (including phenoxy) is 1. The number of aryl methyl sites for hydroxylation is 1. The minimum atomic E-state index is -0.638. The van der Waals surface area contributed by atoms with E-state index >= 15 is 0 Å². The van der Waals surface area contributed by atoms with Crippen molar-refractivity contribution in [3.63, 3.8) is 0 Å². The number of nitrogens with zero attached hydrogens (tertiary/aromatic N) is 2. The smallest absolute Gasteiger partial charge is 0.274 e. The lowest BCUT2D eigenvalue weighted by Crippen LogP contribution is -2.36. The molecule has 7 nitrogen and oxygen atoms in total. The third kappa shape index (κ3) is 2.67. The Morgan fingerprint density at radius 2 is 2.41 bits per heavy atom. The quantitative estimate of drug-likeness (QED) is 0.867. The van der Waals surface area contributed by atoms with Gasteiger partial charge >= 0.3 is 0 Å². The minimum Gasteiger partial charge on any atom is -0.493 e. The van der Waals surface area contributed by atoms with E-state index in [4.69, 9.17) is 4.74 Å². The van der Waals surface area contributed by atoms with Crippen molar-refractivity contribution in [2.75, 3.05) is 13.2 Å². The molecule has 1 aliphatic heterocycles. The first-order valence-corrected chi connectivity index (χ1v) is 7.18. The van der Waals surface area contributed by atoms with E-state index in [0.29, 0.717) is 18.8 Å². The van der Waals surface area contributed by atoms with Crippen LogP contribution in [0.25, 0.3) is 5.65 Å². The van der Waals surface area contributed by atoms with Crippen LogP contribution in [0.2, 0.25) is 0 Å². The Kier molecular flexibility index (Phi) is 3.81. The van der Waals surface area contributed by atoms with Crippen molar-refractivity contribution >= 4 is 11.6 Å². The highest BCUT2D eigenvalue weighted by atomic mass is 16.5. The Labute approximate surface area is 126 Å². The number of amides is 1. The second-order valence-corrected chi connectivity index (χ2v) is 5.39. The molecule has 0 aliphatic carbocycles. The van der Waals surface area contributed by atoms with Crippen molar-refractivity contribution in [1.82, 2.24) is 14.7 Å². The van der Waals surface area contributed by atoms with Gasteiger partial charge in [-0.05, 0) is 37.5 Å². The van der Waals surface area contributed by atoms with Crippen molar-refractivity contribution < 1.29 is 14.6 Å². The molecule has 22 heavy (non-hydrogen) atoms. The lowest BCUT2D eigenvalue weighted by molar-refractivity contribution is 0.0853. The van der Waals surface area contributed by atoms with Gasteiger partial charge < -0.3 is 15.2 Å². The topological polar surface area (TPSA) is 92.9 Å². The first kappa shape index (κ1) is 14.5. The molecule has 1 fully saturated rings. The zero-order valence-electron chi connectivity index (χ0n) is 12.2. The maximum atomic E-state index is 12.4. The van der Waals surface area contributed by atoms with Crippen LogP contribution in [0.1, 0.15) is 28.8 Å². The number of carbonyl (C=O) groups is 1. The average Bonchev–Trinajstić information content (AvgIpc) is 2.98. The van der Waals surface area contributed by atoms with Gasteiger partial charge in [-0.15, -0.1) is 0 Å². The molecule has 1 saturated heterocycles. The standard InChI is InChI=1S/C15H17N3O4/c1-9-4-5-18-11(7-9)17-14(20)12(15(18)21)13(19)16-8-10-3-2-6-22-10/h4-5,7,10,20H,2-3,6,8H2,1H3,(H,16,19). The molecule has 3 rings (SSSR count). The van der Waals surface area contributed by atoms with Crippen molar-refractivity contribution in [2.45, 2.75) is 25.9 Å². The van der Waals surface area contributed by atoms with Crippen molar-refractivity contribution in [3.05, 3.63) is 39.8 Å². The zero-order valence-corrected chi connectivity index (χ0v) is 12.2. The van der Waals surface area contributed by atoms with Crippen LogP contribution in [-0.2, 0) is 4.74 Å². The van der Waals surface area contributed by atoms with E-state index in [2.05, 4.69) is 10.3 Å². The minimum absolute atomic E-state index is 0.0371. The fraction of sp³-hybridized carbons (Fsp3) is 0.400. The first-order valence-electron chi connectivity index (χ1n) is 7.18. The fourth-order valence-electron chi connectivity index (χ4n) is 2.53. The first-order chi connectivity index (χ1) is 10.6. The molecule has 2 N–H and O–H groups in total. The number of rotatable bonds is 3. The van der Waals surface area contributed by atoms with Crippen molar-refractivity contribution in [2.24, 2.45) is 0 Å². The molecule has 2 aromatic heterocycles. The normalized spacial score (nSPS) is 17.8. The molecule has 2 aromatic rings. The molecule has 0 bridgehead atoms. The Hall–Kier alpha value is -2.41. The van der Waals surface area contributed by atoms with Gasteiger partial charge in [0.05, 0.1) is 6.10 Å². The van der Waals surface area contributed by atoms with E-state index in [1.165, 1.54) is 10.6 Å². The largest absolute Gasteiger partial charge is 0.493 e. The van der Waals surface area contributed by atoms with Gasteiger partial charge in [0, 0.05) is 19.3 Å². The van der Waals surface area contributed by atoms with Gasteiger partial charge in [-0.3, -0.25) is 14.0 Å². The van der Waals surface area contributed by atoms with Gasteiger partial charge in [-0.1, -0.05) is 0 Å². The average molecular weight is 303 g/mol. The molecule has 3 heterocycles. The molecule has 7 heteroatoms. The van der Waals surface area contributed by atoms with E-state index in [9.17, 15) is 14.7 Å². The molecule has 1 aliphatic rings. The maximum Gasteiger partial charge on any atom is 0.274 e. The number of fused-ring (bicyclic) bond motifs is 1. The summed E-state index contributed by atoms with van der Waals surface area (Å²) in [5.41, 5.74) is 0.270. The monoisotopic (exact) mass is 303 g/mol. The number of carbonyl (C=O) groups excluding carboxylic acids is 1. The maximum absolute atomic E-state index is 12.4. The molecular weight excluding hydrogens is 286 g/mol. The highest BCUT2D eigenvalue weighted by Crippen LogP contribution is 2.13. The molecule has 1 atom stereocenters.